The summed E-state index contributed by atoms with van der Waals surface area (Å²) >= 11 is 0. The van der Waals surface area contributed by atoms with Crippen molar-refractivity contribution in [2.75, 3.05) is 26.2 Å². The van der Waals surface area contributed by atoms with Gasteiger partial charge < -0.3 is 95.2 Å². The maximum absolute atomic E-state index is 14.7. The number of fused-ring (bicyclic) bond motifs is 2. The van der Waals surface area contributed by atoms with Gasteiger partial charge in [-0.05, 0) is 73.3 Å². The Morgan fingerprint density at radius 1 is 0.547 bits per heavy atom. The van der Waals surface area contributed by atoms with Crippen LogP contribution >= 0.6 is 0 Å². The quantitative estimate of drug-likeness (QED) is 0.0570. The maximum Gasteiger partial charge on any atom is 0.303 e. The first-order valence-electron chi connectivity index (χ1n) is 30.8. The topological polar surface area (TPSA) is 537 Å². The second-order valence-corrected chi connectivity index (χ2v) is 23.6. The van der Waals surface area contributed by atoms with Gasteiger partial charge in [-0.1, -0.05) is 64.4 Å². The molecule has 0 radical (unpaired) electrons. The number of nitrogens with two attached hydrogens (primary N) is 2. The number of aromatic hydroxyl groups is 1. The standard InChI is InChI=1S/C61H83N15O19/c1-5-31(4)52-60(94)73-39(21-30(2)3)55(89)67-28-48(81)69-37(16-18-50(83)84)53(87)65-27-47(80)68-38(17-19-51(85)86)54(88)66-29-49(82)70-41(23-33-26-64-36-10-7-6-9-35(33)36)57(91)72-42(24-45(62)78)58(92)71-40(22-32-12-14-34(77)15-13-32)56(90)74-43(25-46(63)79)61(95)76-20-8-11-44(76)59(93)75-52/h6-7,9-10,12-15,26,30-31,37-44,52,64,77H,5,8,11,16-25,27-29H2,1-4H3,(H2,62,78)(H2,63,79)(H,65,87)(H,66,88)(H,67,89)(H,68,80)(H,69,81)(H,70,82)(H,71,92)(H,72,91)(H,73,94)(H,74,90)(H,75,93)(H,83,84)(H,85,86)/t31-,37-,38-,39-,40-,41-,42-,43-,44-,52-/m0/s1. The number of para-hydroxylation sites is 1. The van der Waals surface area contributed by atoms with Crippen LogP contribution in [0.2, 0.25) is 0 Å². The molecule has 34 heteroatoms. The molecule has 0 spiro atoms. The van der Waals surface area contributed by atoms with Crippen LogP contribution in [0.15, 0.2) is 54.7 Å². The Balaban J connectivity index is 1.55. The van der Waals surface area contributed by atoms with Gasteiger partial charge in [0.15, 0.2) is 0 Å². The molecule has 2 aromatic carbocycles. The average Bonchev–Trinajstić information content (AvgIpc) is 1.61. The largest absolute Gasteiger partial charge is 0.508 e. The number of hydrogen-bond acceptors (Lipinski definition) is 17. The second kappa shape index (κ2) is 35.9. The summed E-state index contributed by atoms with van der Waals surface area (Å²) in [5.74, 6) is -18.7. The van der Waals surface area contributed by atoms with E-state index in [2.05, 4.69) is 63.5 Å². The van der Waals surface area contributed by atoms with Crippen molar-refractivity contribution >= 4 is 106 Å². The molecule has 516 valence electrons. The number of primary amides is 2. The van der Waals surface area contributed by atoms with Gasteiger partial charge in [-0.2, -0.15) is 0 Å². The highest BCUT2D eigenvalue weighted by Crippen LogP contribution is 2.23. The number of carboxylic acids is 2. The fraction of sp³-hybridized carbons (Fsp3) is 0.508. The molecule has 5 rings (SSSR count). The molecule has 3 aromatic rings. The van der Waals surface area contributed by atoms with Crippen molar-refractivity contribution in [1.82, 2.24) is 68.4 Å². The number of rotatable bonds is 18. The van der Waals surface area contributed by atoms with Crippen LogP contribution in [0, 0.1) is 11.8 Å². The molecule has 0 saturated carbocycles. The Morgan fingerprint density at radius 2 is 1.02 bits per heavy atom. The Morgan fingerprint density at radius 3 is 1.55 bits per heavy atom. The normalized spacial score (nSPS) is 23.8. The van der Waals surface area contributed by atoms with Gasteiger partial charge in [0, 0.05) is 49.3 Å². The van der Waals surface area contributed by atoms with E-state index in [4.69, 9.17) is 11.5 Å². The van der Waals surface area contributed by atoms with Gasteiger partial charge >= 0.3 is 11.9 Å². The third-order valence-corrected chi connectivity index (χ3v) is 15.7. The van der Waals surface area contributed by atoms with Gasteiger partial charge in [0.2, 0.25) is 82.7 Å². The van der Waals surface area contributed by atoms with Gasteiger partial charge in [0.25, 0.3) is 0 Å². The number of amides is 14. The van der Waals surface area contributed by atoms with Crippen LogP contribution in [0.25, 0.3) is 10.9 Å². The smallest absolute Gasteiger partial charge is 0.303 e. The number of carbonyl (C=O) groups is 16. The van der Waals surface area contributed by atoms with Gasteiger partial charge in [-0.15, -0.1) is 0 Å². The van der Waals surface area contributed by atoms with E-state index in [1.54, 1.807) is 52.0 Å². The van der Waals surface area contributed by atoms with Gasteiger partial charge in [-0.25, -0.2) is 0 Å². The lowest BCUT2D eigenvalue weighted by atomic mass is 9.96. The van der Waals surface area contributed by atoms with Crippen molar-refractivity contribution in [3.63, 3.8) is 0 Å². The summed E-state index contributed by atoms with van der Waals surface area (Å²) in [5, 5.41) is 56.0. The van der Waals surface area contributed by atoms with Crippen molar-refractivity contribution in [3.8, 4) is 5.75 Å². The van der Waals surface area contributed by atoms with Gasteiger partial charge in [-0.3, -0.25) is 76.7 Å². The molecular formula is C61H83N15O19. The number of aromatic nitrogens is 1. The molecule has 3 heterocycles. The Bertz CT molecular complexity index is 3360. The van der Waals surface area contributed by atoms with Crippen LogP contribution in [0.5, 0.6) is 5.75 Å². The molecule has 1 aromatic heterocycles. The van der Waals surface area contributed by atoms with Crippen LogP contribution < -0.4 is 70.0 Å². The van der Waals surface area contributed by atoms with Crippen LogP contribution in [0.1, 0.15) is 103 Å². The first kappa shape index (κ1) is 75.0. The summed E-state index contributed by atoms with van der Waals surface area (Å²) in [4.78, 5) is 221. The highest BCUT2D eigenvalue weighted by Gasteiger charge is 2.42. The number of benzene rings is 2. The second-order valence-electron chi connectivity index (χ2n) is 23.6. The van der Waals surface area contributed by atoms with Crippen molar-refractivity contribution in [2.24, 2.45) is 23.3 Å². The highest BCUT2D eigenvalue weighted by molar-refractivity contribution is 6.01. The fourth-order valence-electron chi connectivity index (χ4n) is 10.5. The summed E-state index contributed by atoms with van der Waals surface area (Å²) in [6, 6.07) is -2.49. The number of phenolic OH excluding ortho intramolecular Hbond substituents is 1. The van der Waals surface area contributed by atoms with Crippen LogP contribution in [-0.4, -0.2) is 200 Å². The van der Waals surface area contributed by atoms with Crippen LogP contribution in [0.3, 0.4) is 0 Å². The van der Waals surface area contributed by atoms with E-state index < -0.39 is 220 Å². The molecule has 0 aliphatic carbocycles. The van der Waals surface area contributed by atoms with E-state index in [1.165, 1.54) is 30.5 Å². The number of carbonyl (C=O) groups excluding carboxylic acids is 14. The minimum Gasteiger partial charge on any atom is -0.508 e. The van der Waals surface area contributed by atoms with Crippen molar-refractivity contribution < 1.29 is 92.0 Å². The van der Waals surface area contributed by atoms with Crippen LogP contribution in [-0.2, 0) is 89.6 Å². The van der Waals surface area contributed by atoms with E-state index in [9.17, 15) is 92.0 Å². The monoisotopic (exact) mass is 1330 g/mol. The average molecular weight is 1330 g/mol. The van der Waals surface area contributed by atoms with E-state index in [-0.39, 0.29) is 50.3 Å². The Labute approximate surface area is 544 Å². The minimum atomic E-state index is -1.93. The lowest BCUT2D eigenvalue weighted by Crippen LogP contribution is -2.61. The number of phenols is 1. The molecule has 0 unspecified atom stereocenters. The molecule has 19 N–H and O–H groups in total. The number of H-pyrrole nitrogens is 1. The summed E-state index contributed by atoms with van der Waals surface area (Å²) < 4.78 is 0. The number of carboxylic acid groups (broad SMARTS) is 2. The lowest BCUT2D eigenvalue weighted by molar-refractivity contribution is -0.143. The number of aliphatic carboxylic acids is 2. The van der Waals surface area contributed by atoms with Crippen molar-refractivity contribution in [1.29, 1.82) is 0 Å². The predicted molar refractivity (Wildman–Crippen MR) is 333 cm³/mol. The molecule has 2 aliphatic rings. The number of hydrogen-bond donors (Lipinski definition) is 17. The molecular weight excluding hydrogens is 1250 g/mol. The highest BCUT2D eigenvalue weighted by atomic mass is 16.4. The van der Waals surface area contributed by atoms with Crippen LogP contribution in [0.4, 0.5) is 0 Å². The molecule has 10 atom stereocenters. The summed E-state index contributed by atoms with van der Waals surface area (Å²) in [6.07, 6.45) is -3.07. The maximum atomic E-state index is 14.7. The summed E-state index contributed by atoms with van der Waals surface area (Å²) in [6.45, 7) is 3.95. The van der Waals surface area contributed by atoms with Crippen molar-refractivity contribution in [2.45, 2.75) is 159 Å². The number of nitrogens with zero attached hydrogens (tertiary/aromatic N) is 1. The summed E-state index contributed by atoms with van der Waals surface area (Å²) in [5.41, 5.74) is 12.6. The van der Waals surface area contributed by atoms with E-state index >= 15 is 0 Å². The molecule has 34 nitrogen and oxygen atoms in total. The first-order valence-corrected chi connectivity index (χ1v) is 30.8. The zero-order chi connectivity index (χ0) is 70.2. The van der Waals surface area contributed by atoms with E-state index in [1.807, 2.05) is 0 Å². The Hall–Kier alpha value is -10.7. The lowest BCUT2D eigenvalue weighted by Gasteiger charge is -2.32. The van der Waals surface area contributed by atoms with Crippen molar-refractivity contribution in [3.05, 3.63) is 65.9 Å². The van der Waals surface area contributed by atoms with Gasteiger partial charge in [0.05, 0.1) is 32.5 Å². The van der Waals surface area contributed by atoms with E-state index in [0.717, 1.165) is 4.90 Å². The molecule has 0 bridgehead atoms. The molecule has 2 aliphatic heterocycles. The zero-order valence-electron chi connectivity index (χ0n) is 52.8. The molecule has 2 fully saturated rings. The Kier molecular flexibility index (Phi) is 28.4. The number of nitrogens with one attached hydrogen (secondary N) is 12. The third-order valence-electron chi connectivity index (χ3n) is 15.7. The fourth-order valence-corrected chi connectivity index (χ4v) is 10.5. The molecule has 95 heavy (non-hydrogen) atoms. The van der Waals surface area contributed by atoms with Gasteiger partial charge in [0.1, 0.15) is 60.1 Å². The van der Waals surface area contributed by atoms with E-state index in [0.29, 0.717) is 22.0 Å². The first-order chi connectivity index (χ1) is 44.9. The minimum absolute atomic E-state index is 0.0181. The predicted octanol–water partition coefficient (Wildman–Crippen LogP) is -4.54. The zero-order valence-corrected chi connectivity index (χ0v) is 52.8. The summed E-state index contributed by atoms with van der Waals surface area (Å²) in [7, 11) is 0. The SMILES string of the molecule is CC[C@H](C)[C@@H]1NC(=O)[C@@H]2CCCN2C(=O)[C@H](CC(N)=O)NC(=O)[C@H](Cc2ccc(O)cc2)NC(=O)[C@H](CC(N)=O)NC(=O)[C@H](Cc2c[nH]c3ccccc23)NC(=O)CNC(=O)[C@H](CCC(=O)O)NC(=O)CNC(=O)[C@H](CCC(=O)O)NC(=O)CNC(=O)[C@H](CC(C)C)NC1=O. The third kappa shape index (κ3) is 23.7. The molecule has 2 saturated heterocycles. The molecule has 14 amide bonds. The number of aromatic amines is 1.